The van der Waals surface area contributed by atoms with Crippen LogP contribution in [-0.2, 0) is 0 Å². The average Bonchev–Trinajstić information content (AvgIpc) is 1.60. The van der Waals surface area contributed by atoms with Gasteiger partial charge < -0.3 is 10.0 Å². The van der Waals surface area contributed by atoms with Gasteiger partial charge in [0.2, 0.25) is 0 Å². The first-order valence-electron chi connectivity index (χ1n) is 3.01. The van der Waals surface area contributed by atoms with Crippen LogP contribution in [0.25, 0.3) is 0 Å². The normalized spacial score (nSPS) is 18.0. The number of aliphatic hydroxyl groups is 1. The minimum Gasteiger partial charge on any atom is -0.386 e. The van der Waals surface area contributed by atoms with Crippen molar-refractivity contribution in [2.75, 3.05) is 20.6 Å². The highest BCUT2D eigenvalue weighted by Crippen LogP contribution is 2.19. The summed E-state index contributed by atoms with van der Waals surface area (Å²) in [7, 11) is 3.70. The summed E-state index contributed by atoms with van der Waals surface area (Å²) in [6.45, 7) is 2.07. The molecule has 2 nitrogen and oxygen atoms in total. The van der Waals surface area contributed by atoms with Crippen molar-refractivity contribution in [3.63, 3.8) is 0 Å². The molecule has 4 heteroatoms. The third kappa shape index (κ3) is 3.62. The average molecular weight is 186 g/mol. The highest BCUT2D eigenvalue weighted by Gasteiger charge is 2.28. The summed E-state index contributed by atoms with van der Waals surface area (Å²) in [6.07, 6.45) is 0. The Balaban J connectivity index is 3.87. The van der Waals surface area contributed by atoms with E-state index < -0.39 is 10.4 Å². The van der Waals surface area contributed by atoms with Crippen LogP contribution in [0.5, 0.6) is 0 Å². The van der Waals surface area contributed by atoms with Gasteiger partial charge in [-0.3, -0.25) is 0 Å². The van der Waals surface area contributed by atoms with E-state index in [1.807, 2.05) is 19.0 Å². The second-order valence-corrected chi connectivity index (χ2v) is 3.99. The van der Waals surface area contributed by atoms with Crippen LogP contribution >= 0.6 is 23.2 Å². The van der Waals surface area contributed by atoms with Crippen LogP contribution < -0.4 is 0 Å². The molecule has 0 saturated carbocycles. The molecule has 0 fully saturated rings. The maximum atomic E-state index is 9.46. The standard InChI is InChI=1S/C6H13Cl2NO/c1-6(10,5(7)8)4-9(2)3/h5,10H,4H2,1-3H3. The minimum absolute atomic E-state index is 0.463. The van der Waals surface area contributed by atoms with Crippen LogP contribution in [0, 0.1) is 0 Å². The molecule has 0 saturated heterocycles. The van der Waals surface area contributed by atoms with E-state index in [4.69, 9.17) is 23.2 Å². The van der Waals surface area contributed by atoms with E-state index in [1.54, 1.807) is 6.92 Å². The van der Waals surface area contributed by atoms with Gasteiger partial charge in [-0.2, -0.15) is 0 Å². The zero-order valence-corrected chi connectivity index (χ0v) is 7.95. The second kappa shape index (κ2) is 3.77. The fraction of sp³-hybridized carbons (Fsp3) is 1.00. The van der Waals surface area contributed by atoms with Gasteiger partial charge in [-0.25, -0.2) is 0 Å². The molecule has 0 aliphatic rings. The van der Waals surface area contributed by atoms with Crippen molar-refractivity contribution in [1.82, 2.24) is 4.90 Å². The Hall–Kier alpha value is 0.500. The molecule has 0 aliphatic heterocycles. The molecular formula is C6H13Cl2NO. The predicted molar refractivity (Wildman–Crippen MR) is 44.7 cm³/mol. The first-order chi connectivity index (χ1) is 4.36. The van der Waals surface area contributed by atoms with E-state index in [2.05, 4.69) is 0 Å². The van der Waals surface area contributed by atoms with E-state index in [1.165, 1.54) is 0 Å². The molecule has 0 spiro atoms. The van der Waals surface area contributed by atoms with Crippen molar-refractivity contribution in [1.29, 1.82) is 0 Å². The lowest BCUT2D eigenvalue weighted by Crippen LogP contribution is -2.42. The molecule has 0 amide bonds. The van der Waals surface area contributed by atoms with Crippen molar-refractivity contribution < 1.29 is 5.11 Å². The van der Waals surface area contributed by atoms with E-state index >= 15 is 0 Å². The van der Waals surface area contributed by atoms with Crippen molar-refractivity contribution in [3.05, 3.63) is 0 Å². The number of nitrogens with zero attached hydrogens (tertiary/aromatic N) is 1. The Morgan fingerprint density at radius 2 is 1.90 bits per heavy atom. The Morgan fingerprint density at radius 3 is 2.00 bits per heavy atom. The van der Waals surface area contributed by atoms with Crippen LogP contribution in [0.1, 0.15) is 6.92 Å². The summed E-state index contributed by atoms with van der Waals surface area (Å²) >= 11 is 11.0. The maximum Gasteiger partial charge on any atom is 0.137 e. The highest BCUT2D eigenvalue weighted by molar-refractivity contribution is 6.45. The molecule has 0 radical (unpaired) electrons. The molecule has 1 N–H and O–H groups in total. The summed E-state index contributed by atoms with van der Waals surface area (Å²) in [5.74, 6) is 0. The van der Waals surface area contributed by atoms with Gasteiger partial charge in [0.1, 0.15) is 10.4 Å². The van der Waals surface area contributed by atoms with Gasteiger partial charge in [0.15, 0.2) is 0 Å². The first kappa shape index (κ1) is 10.5. The lowest BCUT2D eigenvalue weighted by Gasteiger charge is -2.27. The van der Waals surface area contributed by atoms with Crippen LogP contribution in [-0.4, -0.2) is 41.1 Å². The molecule has 1 atom stereocenters. The summed E-state index contributed by atoms with van der Waals surface area (Å²) in [5.41, 5.74) is -1.02. The molecule has 62 valence electrons. The fourth-order valence-electron chi connectivity index (χ4n) is 0.709. The fourth-order valence-corrected chi connectivity index (χ4v) is 0.847. The lowest BCUT2D eigenvalue weighted by atomic mass is 10.1. The van der Waals surface area contributed by atoms with Gasteiger partial charge in [-0.05, 0) is 21.0 Å². The van der Waals surface area contributed by atoms with Gasteiger partial charge in [-0.15, -0.1) is 23.2 Å². The van der Waals surface area contributed by atoms with Gasteiger partial charge in [0, 0.05) is 6.54 Å². The lowest BCUT2D eigenvalue weighted by molar-refractivity contribution is 0.0463. The summed E-state index contributed by atoms with van der Waals surface area (Å²) in [6, 6.07) is 0. The Morgan fingerprint density at radius 1 is 1.50 bits per heavy atom. The Kier molecular flexibility index (Phi) is 3.95. The van der Waals surface area contributed by atoms with Gasteiger partial charge in [-0.1, -0.05) is 0 Å². The smallest absolute Gasteiger partial charge is 0.137 e. The van der Waals surface area contributed by atoms with Gasteiger partial charge >= 0.3 is 0 Å². The van der Waals surface area contributed by atoms with E-state index in [9.17, 15) is 5.11 Å². The molecule has 1 unspecified atom stereocenters. The SMILES string of the molecule is CN(C)CC(C)(O)C(Cl)Cl. The monoisotopic (exact) mass is 185 g/mol. The zero-order valence-electron chi connectivity index (χ0n) is 6.43. The minimum atomic E-state index is -1.02. The largest absolute Gasteiger partial charge is 0.386 e. The molecular weight excluding hydrogens is 173 g/mol. The highest BCUT2D eigenvalue weighted by atomic mass is 35.5. The molecule has 0 aromatic heterocycles. The van der Waals surface area contributed by atoms with E-state index in [-0.39, 0.29) is 0 Å². The molecule has 0 rings (SSSR count). The van der Waals surface area contributed by atoms with Crippen LogP contribution in [0.4, 0.5) is 0 Å². The van der Waals surface area contributed by atoms with Crippen LogP contribution in [0.2, 0.25) is 0 Å². The van der Waals surface area contributed by atoms with Crippen molar-refractivity contribution in [2.45, 2.75) is 17.4 Å². The number of rotatable bonds is 3. The number of hydrogen-bond acceptors (Lipinski definition) is 2. The van der Waals surface area contributed by atoms with Crippen LogP contribution in [0.15, 0.2) is 0 Å². The van der Waals surface area contributed by atoms with Crippen molar-refractivity contribution >= 4 is 23.2 Å². The molecule has 0 heterocycles. The molecule has 10 heavy (non-hydrogen) atoms. The Bertz CT molecular complexity index is 104. The zero-order chi connectivity index (χ0) is 8.36. The number of alkyl halides is 2. The third-order valence-electron chi connectivity index (χ3n) is 1.11. The maximum absolute atomic E-state index is 9.46. The van der Waals surface area contributed by atoms with Gasteiger partial charge in [0.05, 0.1) is 0 Å². The number of likely N-dealkylation sites (N-methyl/N-ethyl adjacent to an activating group) is 1. The van der Waals surface area contributed by atoms with Crippen LogP contribution in [0.3, 0.4) is 0 Å². The third-order valence-corrected chi connectivity index (χ3v) is 2.05. The quantitative estimate of drug-likeness (QED) is 0.667. The summed E-state index contributed by atoms with van der Waals surface area (Å²) in [4.78, 5) is 1.09. The molecule has 0 aromatic carbocycles. The first-order valence-corrected chi connectivity index (χ1v) is 3.89. The topological polar surface area (TPSA) is 23.5 Å². The van der Waals surface area contributed by atoms with Gasteiger partial charge in [0.25, 0.3) is 0 Å². The second-order valence-electron chi connectivity index (χ2n) is 2.90. The number of hydrogen-bond donors (Lipinski definition) is 1. The van der Waals surface area contributed by atoms with E-state index in [0.717, 1.165) is 0 Å². The predicted octanol–water partition coefficient (Wildman–Crippen LogP) is 1.10. The van der Waals surface area contributed by atoms with Crippen molar-refractivity contribution in [2.24, 2.45) is 0 Å². The summed E-state index contributed by atoms with van der Waals surface area (Å²) in [5, 5.41) is 9.46. The summed E-state index contributed by atoms with van der Waals surface area (Å²) < 4.78 is 0. The number of halogens is 2. The Labute approximate surface area is 71.7 Å². The molecule has 0 aromatic rings. The van der Waals surface area contributed by atoms with E-state index in [0.29, 0.717) is 6.54 Å². The molecule has 0 aliphatic carbocycles. The molecule has 0 bridgehead atoms. The van der Waals surface area contributed by atoms with Crippen molar-refractivity contribution in [3.8, 4) is 0 Å².